The number of aromatic nitrogens is 1. The monoisotopic (exact) mass is 508 g/mol. The van der Waals surface area contributed by atoms with E-state index in [0.717, 1.165) is 28.6 Å². The SMILES string of the molecule is CCn1cc(CC(NC(=O)c2cc(C#Cc3ccccc3)ccc2OC(C)C)C(=O)OC)c2ccccc21. The number of carbonyl (C=O) groups excluding carboxylic acids is 2. The number of aryl methyl sites for hydroxylation is 1. The Morgan fingerprint density at radius 2 is 1.66 bits per heavy atom. The number of nitrogens with one attached hydrogen (secondary N) is 1. The number of ether oxygens (including phenoxy) is 2. The van der Waals surface area contributed by atoms with Gasteiger partial charge in [-0.25, -0.2) is 4.79 Å². The van der Waals surface area contributed by atoms with E-state index in [2.05, 4.69) is 28.6 Å². The molecule has 194 valence electrons. The number of hydrogen-bond donors (Lipinski definition) is 1. The fourth-order valence-electron chi connectivity index (χ4n) is 4.35. The Morgan fingerprint density at radius 1 is 0.947 bits per heavy atom. The number of nitrogens with zero attached hydrogens (tertiary/aromatic N) is 1. The zero-order chi connectivity index (χ0) is 27.1. The first-order chi connectivity index (χ1) is 18.4. The predicted molar refractivity (Wildman–Crippen MR) is 149 cm³/mol. The van der Waals surface area contributed by atoms with Gasteiger partial charge in [-0.1, -0.05) is 48.2 Å². The van der Waals surface area contributed by atoms with Gasteiger partial charge >= 0.3 is 5.97 Å². The van der Waals surface area contributed by atoms with Crippen molar-refractivity contribution >= 4 is 22.8 Å². The Morgan fingerprint density at radius 3 is 2.37 bits per heavy atom. The molecule has 3 aromatic carbocycles. The lowest BCUT2D eigenvalue weighted by Crippen LogP contribution is -2.43. The van der Waals surface area contributed by atoms with Crippen LogP contribution in [0.2, 0.25) is 0 Å². The maximum atomic E-state index is 13.6. The fourth-order valence-corrected chi connectivity index (χ4v) is 4.35. The highest BCUT2D eigenvalue weighted by Gasteiger charge is 2.26. The number of methoxy groups -OCH3 is 1. The van der Waals surface area contributed by atoms with E-state index in [1.54, 1.807) is 12.1 Å². The highest BCUT2D eigenvalue weighted by Crippen LogP contribution is 2.25. The molecule has 0 saturated carbocycles. The van der Waals surface area contributed by atoms with Crippen LogP contribution in [0.15, 0.2) is 79.0 Å². The number of hydrogen-bond acceptors (Lipinski definition) is 4. The van der Waals surface area contributed by atoms with Crippen LogP contribution in [-0.4, -0.2) is 35.7 Å². The zero-order valence-corrected chi connectivity index (χ0v) is 22.2. The van der Waals surface area contributed by atoms with Crippen LogP contribution in [0, 0.1) is 11.8 Å². The van der Waals surface area contributed by atoms with Crippen molar-refractivity contribution in [3.8, 4) is 17.6 Å². The molecule has 0 aliphatic rings. The third-order valence-electron chi connectivity index (χ3n) is 6.14. The molecule has 4 rings (SSSR count). The normalized spacial score (nSPS) is 11.5. The van der Waals surface area contributed by atoms with E-state index >= 15 is 0 Å². The van der Waals surface area contributed by atoms with Crippen LogP contribution in [0.5, 0.6) is 5.75 Å². The summed E-state index contributed by atoms with van der Waals surface area (Å²) in [6.07, 6.45) is 2.18. The lowest BCUT2D eigenvalue weighted by Gasteiger charge is -2.19. The first-order valence-electron chi connectivity index (χ1n) is 12.7. The smallest absolute Gasteiger partial charge is 0.328 e. The number of para-hydroxylation sites is 1. The summed E-state index contributed by atoms with van der Waals surface area (Å²) >= 11 is 0. The van der Waals surface area contributed by atoms with Gasteiger partial charge in [0.15, 0.2) is 0 Å². The molecule has 1 unspecified atom stereocenters. The third-order valence-corrected chi connectivity index (χ3v) is 6.14. The van der Waals surface area contributed by atoms with Crippen LogP contribution in [0.4, 0.5) is 0 Å². The molecule has 1 N–H and O–H groups in total. The topological polar surface area (TPSA) is 69.6 Å². The van der Waals surface area contributed by atoms with E-state index in [4.69, 9.17) is 9.47 Å². The average molecular weight is 509 g/mol. The highest BCUT2D eigenvalue weighted by molar-refractivity contribution is 5.99. The summed E-state index contributed by atoms with van der Waals surface area (Å²) in [5.74, 6) is 5.70. The van der Waals surface area contributed by atoms with Gasteiger partial charge in [-0.15, -0.1) is 0 Å². The molecule has 1 amide bonds. The van der Waals surface area contributed by atoms with Gasteiger partial charge in [0.05, 0.1) is 18.8 Å². The second-order valence-electron chi connectivity index (χ2n) is 9.20. The third kappa shape index (κ3) is 6.24. The summed E-state index contributed by atoms with van der Waals surface area (Å²) < 4.78 is 13.1. The number of benzene rings is 3. The van der Waals surface area contributed by atoms with Gasteiger partial charge < -0.3 is 19.4 Å². The largest absolute Gasteiger partial charge is 0.490 e. The van der Waals surface area contributed by atoms with Crippen molar-refractivity contribution < 1.29 is 19.1 Å². The first-order valence-corrected chi connectivity index (χ1v) is 12.7. The summed E-state index contributed by atoms with van der Waals surface area (Å²) in [6, 6.07) is 22.0. The van der Waals surface area contributed by atoms with E-state index in [9.17, 15) is 9.59 Å². The van der Waals surface area contributed by atoms with Gasteiger partial charge in [0, 0.05) is 41.2 Å². The van der Waals surface area contributed by atoms with Crippen LogP contribution < -0.4 is 10.1 Å². The van der Waals surface area contributed by atoms with E-state index in [0.29, 0.717) is 23.3 Å². The maximum absolute atomic E-state index is 13.6. The standard InChI is InChI=1S/C32H32N2O4/c1-5-34-21-25(26-13-9-10-14-29(26)34)20-28(32(36)37-4)33-31(35)27-19-24(17-18-30(27)38-22(2)3)16-15-23-11-7-6-8-12-23/h6-14,17-19,21-22,28H,5,20H2,1-4H3,(H,33,35). The minimum Gasteiger partial charge on any atom is -0.490 e. The van der Waals surface area contributed by atoms with Crippen molar-refractivity contribution in [1.82, 2.24) is 9.88 Å². The van der Waals surface area contributed by atoms with E-state index in [-0.39, 0.29) is 6.10 Å². The molecule has 1 atom stereocenters. The summed E-state index contributed by atoms with van der Waals surface area (Å²) in [7, 11) is 1.32. The van der Waals surface area contributed by atoms with Crippen molar-refractivity contribution in [2.24, 2.45) is 0 Å². The van der Waals surface area contributed by atoms with Gasteiger partial charge in [0.1, 0.15) is 11.8 Å². The quantitative estimate of drug-likeness (QED) is 0.257. The number of carbonyl (C=O) groups is 2. The second kappa shape index (κ2) is 12.2. The van der Waals surface area contributed by atoms with Crippen LogP contribution in [0.3, 0.4) is 0 Å². The Labute approximate surface area is 223 Å². The van der Waals surface area contributed by atoms with Gasteiger partial charge in [0.2, 0.25) is 0 Å². The van der Waals surface area contributed by atoms with Gasteiger partial charge in [-0.2, -0.15) is 0 Å². The number of fused-ring (bicyclic) bond motifs is 1. The number of amides is 1. The summed E-state index contributed by atoms with van der Waals surface area (Å²) in [4.78, 5) is 26.4. The van der Waals surface area contributed by atoms with Gasteiger partial charge in [-0.3, -0.25) is 4.79 Å². The molecule has 0 aliphatic carbocycles. The lowest BCUT2D eigenvalue weighted by atomic mass is 10.0. The van der Waals surface area contributed by atoms with Crippen molar-refractivity contribution in [3.63, 3.8) is 0 Å². The highest BCUT2D eigenvalue weighted by atomic mass is 16.5. The molecule has 0 fully saturated rings. The Kier molecular flexibility index (Phi) is 8.50. The summed E-state index contributed by atoms with van der Waals surface area (Å²) in [5, 5.41) is 3.93. The first kappa shape index (κ1) is 26.6. The van der Waals surface area contributed by atoms with Crippen molar-refractivity contribution in [1.29, 1.82) is 0 Å². The molecular weight excluding hydrogens is 476 g/mol. The molecule has 38 heavy (non-hydrogen) atoms. The van der Waals surface area contributed by atoms with Crippen LogP contribution in [0.25, 0.3) is 10.9 Å². The molecule has 0 saturated heterocycles. The van der Waals surface area contributed by atoms with Crippen molar-refractivity contribution in [2.45, 2.75) is 45.9 Å². The molecule has 1 heterocycles. The summed E-state index contributed by atoms with van der Waals surface area (Å²) in [6.45, 7) is 6.65. The minimum atomic E-state index is -0.880. The minimum absolute atomic E-state index is 0.139. The fraction of sp³-hybridized carbons (Fsp3) is 0.250. The van der Waals surface area contributed by atoms with Crippen LogP contribution in [0.1, 0.15) is 47.8 Å². The van der Waals surface area contributed by atoms with E-state index in [1.807, 2.05) is 80.7 Å². The zero-order valence-electron chi connectivity index (χ0n) is 22.2. The molecule has 4 aromatic rings. The lowest BCUT2D eigenvalue weighted by molar-refractivity contribution is -0.142. The Balaban J connectivity index is 1.65. The van der Waals surface area contributed by atoms with Gasteiger partial charge in [-0.05, 0) is 62.7 Å². The number of esters is 1. The molecule has 0 aliphatic heterocycles. The maximum Gasteiger partial charge on any atom is 0.328 e. The Hall–Kier alpha value is -4.50. The molecule has 6 nitrogen and oxygen atoms in total. The van der Waals surface area contributed by atoms with Crippen molar-refractivity contribution in [2.75, 3.05) is 7.11 Å². The molecule has 1 aromatic heterocycles. The average Bonchev–Trinajstić information content (AvgIpc) is 3.29. The molecule has 6 heteroatoms. The molecule has 0 radical (unpaired) electrons. The summed E-state index contributed by atoms with van der Waals surface area (Å²) in [5.41, 5.74) is 3.88. The van der Waals surface area contributed by atoms with Crippen LogP contribution in [-0.2, 0) is 22.5 Å². The van der Waals surface area contributed by atoms with E-state index in [1.165, 1.54) is 7.11 Å². The molecule has 0 bridgehead atoms. The molecule has 0 spiro atoms. The molecular formula is C32H32N2O4. The number of rotatable bonds is 8. The van der Waals surface area contributed by atoms with Crippen molar-refractivity contribution in [3.05, 3.63) is 101 Å². The second-order valence-corrected chi connectivity index (χ2v) is 9.20. The Bertz CT molecular complexity index is 1490. The van der Waals surface area contributed by atoms with Gasteiger partial charge in [0.25, 0.3) is 5.91 Å². The predicted octanol–water partition coefficient (Wildman–Crippen LogP) is 5.36. The van der Waals surface area contributed by atoms with E-state index < -0.39 is 17.9 Å². The van der Waals surface area contributed by atoms with Crippen LogP contribution >= 0.6 is 0 Å².